The Morgan fingerprint density at radius 2 is 1.96 bits per heavy atom. The van der Waals surface area contributed by atoms with E-state index in [1.807, 2.05) is 28.1 Å². The molecule has 1 atom stereocenters. The van der Waals surface area contributed by atoms with Crippen molar-refractivity contribution in [2.75, 3.05) is 23.3 Å². The number of thiophene rings is 1. The van der Waals surface area contributed by atoms with Gasteiger partial charge in [-0.3, -0.25) is 0 Å². The molecule has 1 saturated heterocycles. The van der Waals surface area contributed by atoms with Crippen LogP contribution in [0.25, 0.3) is 17.0 Å². The van der Waals surface area contributed by atoms with Crippen LogP contribution in [0.15, 0.2) is 53.2 Å². The van der Waals surface area contributed by atoms with E-state index in [0.717, 1.165) is 42.4 Å². The van der Waals surface area contributed by atoms with Crippen molar-refractivity contribution in [1.82, 2.24) is 19.8 Å². The fourth-order valence-corrected chi connectivity index (χ4v) is 4.37. The van der Waals surface area contributed by atoms with Crippen LogP contribution < -0.4 is 10.2 Å². The summed E-state index contributed by atoms with van der Waals surface area (Å²) in [5.41, 5.74) is 4.39. The van der Waals surface area contributed by atoms with Gasteiger partial charge in [0.15, 0.2) is 11.5 Å². The molecule has 3 aromatic heterocycles. The van der Waals surface area contributed by atoms with Crippen LogP contribution in [0, 0.1) is 6.92 Å². The Morgan fingerprint density at radius 1 is 1.07 bits per heavy atom. The van der Waals surface area contributed by atoms with Crippen molar-refractivity contribution in [3.05, 3.63) is 58.8 Å². The van der Waals surface area contributed by atoms with Crippen LogP contribution in [0.5, 0.6) is 0 Å². The number of rotatable bonds is 4. The summed E-state index contributed by atoms with van der Waals surface area (Å²) in [5, 5.41) is 21.0. The normalized spacial score (nSPS) is 17.2. The lowest BCUT2D eigenvalue weighted by Gasteiger charge is -2.35. The van der Waals surface area contributed by atoms with Gasteiger partial charge >= 0.3 is 0 Å². The molecule has 1 aliphatic rings. The van der Waals surface area contributed by atoms with Crippen LogP contribution in [0.3, 0.4) is 0 Å². The Bertz CT molecular complexity index is 1070. The van der Waals surface area contributed by atoms with Crippen LogP contribution in [0.4, 0.5) is 11.5 Å². The molecule has 4 heterocycles. The van der Waals surface area contributed by atoms with Gasteiger partial charge in [-0.1, -0.05) is 17.7 Å². The predicted octanol–water partition coefficient (Wildman–Crippen LogP) is 4.24. The van der Waals surface area contributed by atoms with Gasteiger partial charge in [-0.05, 0) is 55.5 Å². The minimum Gasteiger partial charge on any atom is -0.369 e. The van der Waals surface area contributed by atoms with Gasteiger partial charge in [0.2, 0.25) is 0 Å². The van der Waals surface area contributed by atoms with Crippen molar-refractivity contribution in [1.29, 1.82) is 0 Å². The first kappa shape index (κ1) is 17.2. The van der Waals surface area contributed by atoms with Gasteiger partial charge in [-0.25, -0.2) is 0 Å². The van der Waals surface area contributed by atoms with E-state index in [0.29, 0.717) is 6.04 Å². The molecule has 1 N–H and O–H groups in total. The molecule has 0 spiro atoms. The highest BCUT2D eigenvalue weighted by Crippen LogP contribution is 2.24. The van der Waals surface area contributed by atoms with Crippen molar-refractivity contribution in [3.63, 3.8) is 0 Å². The van der Waals surface area contributed by atoms with E-state index >= 15 is 0 Å². The van der Waals surface area contributed by atoms with Crippen LogP contribution >= 0.6 is 11.3 Å². The summed E-state index contributed by atoms with van der Waals surface area (Å²) in [7, 11) is 0. The van der Waals surface area contributed by atoms with Gasteiger partial charge in [0, 0.05) is 35.8 Å². The predicted molar refractivity (Wildman–Crippen MR) is 114 cm³/mol. The second kappa shape index (κ2) is 7.24. The van der Waals surface area contributed by atoms with E-state index < -0.39 is 0 Å². The Kier molecular flexibility index (Phi) is 4.44. The number of aromatic nitrogens is 4. The first-order valence-corrected chi connectivity index (χ1v) is 10.5. The summed E-state index contributed by atoms with van der Waals surface area (Å²) in [6, 6.07) is 15.2. The van der Waals surface area contributed by atoms with Crippen LogP contribution in [-0.2, 0) is 0 Å². The Labute approximate surface area is 167 Å². The molecule has 1 fully saturated rings. The summed E-state index contributed by atoms with van der Waals surface area (Å²) in [5.74, 6) is 1.64. The van der Waals surface area contributed by atoms with Gasteiger partial charge < -0.3 is 10.2 Å². The number of nitrogens with one attached hydrogen (secondary N) is 1. The molecule has 0 radical (unpaired) electrons. The third-order valence-electron chi connectivity index (χ3n) is 5.21. The first-order valence-electron chi connectivity index (χ1n) is 9.59. The highest BCUT2D eigenvalue weighted by molar-refractivity contribution is 7.08. The molecule has 0 saturated carbocycles. The zero-order chi connectivity index (χ0) is 18.9. The number of piperidine rings is 1. The molecule has 0 aliphatic carbocycles. The minimum absolute atomic E-state index is 0.362. The molecule has 1 aliphatic heterocycles. The van der Waals surface area contributed by atoms with Gasteiger partial charge in [-0.2, -0.15) is 15.9 Å². The molecule has 1 unspecified atom stereocenters. The molecule has 5 rings (SSSR count). The summed E-state index contributed by atoms with van der Waals surface area (Å²) < 4.78 is 1.82. The highest BCUT2D eigenvalue weighted by atomic mass is 32.1. The van der Waals surface area contributed by atoms with Gasteiger partial charge in [-0.15, -0.1) is 15.3 Å². The standard InChI is InChI=1S/C21H22N6S/c1-15-4-6-18(7-5-15)26-11-2-3-17(13-26)22-19-8-9-20-23-24-21(27(20)25-19)16-10-12-28-14-16/h4-10,12,14,17H,2-3,11,13H2,1H3,(H,22,25). The Balaban J connectivity index is 1.36. The van der Waals surface area contributed by atoms with Crippen molar-refractivity contribution >= 4 is 28.5 Å². The molecule has 1 aromatic carbocycles. The lowest BCUT2D eigenvalue weighted by Crippen LogP contribution is -2.42. The number of benzene rings is 1. The van der Waals surface area contributed by atoms with Gasteiger partial charge in [0.25, 0.3) is 0 Å². The minimum atomic E-state index is 0.362. The lowest BCUT2D eigenvalue weighted by atomic mass is 10.0. The van der Waals surface area contributed by atoms with Gasteiger partial charge in [0.1, 0.15) is 5.82 Å². The number of anilines is 2. The largest absolute Gasteiger partial charge is 0.369 e. The van der Waals surface area contributed by atoms with E-state index in [9.17, 15) is 0 Å². The number of fused-ring (bicyclic) bond motifs is 1. The third kappa shape index (κ3) is 3.33. The summed E-state index contributed by atoms with van der Waals surface area (Å²) >= 11 is 1.65. The molecular weight excluding hydrogens is 368 g/mol. The topological polar surface area (TPSA) is 58.3 Å². The number of nitrogens with zero attached hydrogens (tertiary/aromatic N) is 5. The van der Waals surface area contributed by atoms with Crippen LogP contribution in [-0.4, -0.2) is 38.9 Å². The highest BCUT2D eigenvalue weighted by Gasteiger charge is 2.21. The average Bonchev–Trinajstić information content (AvgIpc) is 3.38. The maximum Gasteiger partial charge on any atom is 0.186 e. The Hall–Kier alpha value is -2.93. The zero-order valence-electron chi connectivity index (χ0n) is 15.7. The molecule has 0 bridgehead atoms. The fourth-order valence-electron chi connectivity index (χ4n) is 3.73. The van der Waals surface area contributed by atoms with Crippen molar-refractivity contribution in [2.45, 2.75) is 25.8 Å². The lowest BCUT2D eigenvalue weighted by molar-refractivity contribution is 0.528. The van der Waals surface area contributed by atoms with E-state index in [2.05, 4.69) is 57.0 Å². The molecule has 6 nitrogen and oxygen atoms in total. The second-order valence-electron chi connectivity index (χ2n) is 7.29. The summed E-state index contributed by atoms with van der Waals surface area (Å²) in [4.78, 5) is 2.45. The quantitative estimate of drug-likeness (QED) is 0.565. The molecule has 4 aromatic rings. The number of hydrogen-bond donors (Lipinski definition) is 1. The monoisotopic (exact) mass is 390 g/mol. The SMILES string of the molecule is Cc1ccc(N2CCCC(Nc3ccc4nnc(-c5ccsc5)n4n3)C2)cc1. The number of hydrogen-bond acceptors (Lipinski definition) is 6. The third-order valence-corrected chi connectivity index (χ3v) is 5.90. The zero-order valence-corrected chi connectivity index (χ0v) is 16.6. The average molecular weight is 391 g/mol. The van der Waals surface area contributed by atoms with Crippen LogP contribution in [0.1, 0.15) is 18.4 Å². The van der Waals surface area contributed by atoms with E-state index in [-0.39, 0.29) is 0 Å². The second-order valence-corrected chi connectivity index (χ2v) is 8.07. The Morgan fingerprint density at radius 3 is 2.79 bits per heavy atom. The maximum absolute atomic E-state index is 4.76. The van der Waals surface area contributed by atoms with Crippen molar-refractivity contribution < 1.29 is 0 Å². The van der Waals surface area contributed by atoms with Crippen molar-refractivity contribution in [3.8, 4) is 11.4 Å². The van der Waals surface area contributed by atoms with Crippen molar-refractivity contribution in [2.24, 2.45) is 0 Å². The van der Waals surface area contributed by atoms with Crippen LogP contribution in [0.2, 0.25) is 0 Å². The molecule has 142 valence electrons. The summed E-state index contributed by atoms with van der Waals surface area (Å²) in [6.45, 7) is 4.20. The molecular formula is C21H22N6S. The molecule has 28 heavy (non-hydrogen) atoms. The van der Waals surface area contributed by atoms with E-state index in [1.54, 1.807) is 11.3 Å². The van der Waals surface area contributed by atoms with E-state index in [4.69, 9.17) is 5.10 Å². The maximum atomic E-state index is 4.76. The summed E-state index contributed by atoms with van der Waals surface area (Å²) in [6.07, 6.45) is 2.31. The first-order chi connectivity index (χ1) is 13.8. The molecule has 0 amide bonds. The molecule has 7 heteroatoms. The van der Waals surface area contributed by atoms with Gasteiger partial charge in [0.05, 0.1) is 0 Å². The van der Waals surface area contributed by atoms with E-state index in [1.165, 1.54) is 17.7 Å². The smallest absolute Gasteiger partial charge is 0.186 e. The number of aryl methyl sites for hydroxylation is 1. The fraction of sp³-hybridized carbons (Fsp3) is 0.286.